The standard InChI is InChI=1S/C10H10O2.C8H8/c1-8(10(11)12)7-9-5-3-2-4-6-9;1-2-8-6-4-3-5-7-8/h2-7H,1H3,(H,11,12);2-7H,1H2. The van der Waals surface area contributed by atoms with Gasteiger partial charge in [-0.15, -0.1) is 0 Å². The van der Waals surface area contributed by atoms with Gasteiger partial charge in [0.25, 0.3) is 0 Å². The van der Waals surface area contributed by atoms with Crippen LogP contribution in [0.15, 0.2) is 72.8 Å². The molecule has 2 aromatic rings. The van der Waals surface area contributed by atoms with Crippen molar-refractivity contribution in [3.05, 3.63) is 83.9 Å². The maximum absolute atomic E-state index is 10.4. The first-order chi connectivity index (χ1) is 9.63. The number of benzene rings is 2. The number of carboxylic acid groups (broad SMARTS) is 1. The van der Waals surface area contributed by atoms with Crippen molar-refractivity contribution in [3.63, 3.8) is 0 Å². The predicted octanol–water partition coefficient (Wildman–Crippen LogP) is 4.50. The lowest BCUT2D eigenvalue weighted by atomic mass is 10.1. The van der Waals surface area contributed by atoms with Crippen LogP contribution in [-0.4, -0.2) is 11.1 Å². The number of rotatable bonds is 3. The summed E-state index contributed by atoms with van der Waals surface area (Å²) in [6.45, 7) is 5.21. The highest BCUT2D eigenvalue weighted by Gasteiger charge is 1.98. The van der Waals surface area contributed by atoms with Gasteiger partial charge < -0.3 is 5.11 Å². The van der Waals surface area contributed by atoms with Gasteiger partial charge in [0.2, 0.25) is 0 Å². The van der Waals surface area contributed by atoms with Gasteiger partial charge in [0.05, 0.1) is 0 Å². The maximum Gasteiger partial charge on any atom is 0.331 e. The fourth-order valence-electron chi connectivity index (χ4n) is 1.45. The van der Waals surface area contributed by atoms with E-state index in [0.717, 1.165) is 5.56 Å². The molecule has 0 unspecified atom stereocenters. The Morgan fingerprint density at radius 1 is 0.950 bits per heavy atom. The van der Waals surface area contributed by atoms with E-state index in [9.17, 15) is 4.79 Å². The SMILES string of the molecule is C=Cc1ccccc1.CC(=Cc1ccccc1)C(=O)O. The summed E-state index contributed by atoms with van der Waals surface area (Å²) < 4.78 is 0. The van der Waals surface area contributed by atoms with Gasteiger partial charge in [-0.2, -0.15) is 0 Å². The van der Waals surface area contributed by atoms with E-state index in [1.807, 2.05) is 66.7 Å². The van der Waals surface area contributed by atoms with Crippen LogP contribution in [0.5, 0.6) is 0 Å². The van der Waals surface area contributed by atoms with Crippen molar-refractivity contribution >= 4 is 18.1 Å². The molecule has 20 heavy (non-hydrogen) atoms. The minimum atomic E-state index is -0.876. The van der Waals surface area contributed by atoms with Crippen LogP contribution in [0.1, 0.15) is 18.1 Å². The van der Waals surface area contributed by atoms with E-state index in [2.05, 4.69) is 6.58 Å². The molecule has 0 aliphatic rings. The number of carbonyl (C=O) groups is 1. The Kier molecular flexibility index (Phi) is 6.55. The van der Waals surface area contributed by atoms with Gasteiger partial charge in [0.1, 0.15) is 0 Å². The van der Waals surface area contributed by atoms with E-state index >= 15 is 0 Å². The summed E-state index contributed by atoms with van der Waals surface area (Å²) in [5.74, 6) is -0.876. The highest BCUT2D eigenvalue weighted by molar-refractivity contribution is 5.91. The minimum Gasteiger partial charge on any atom is -0.478 e. The van der Waals surface area contributed by atoms with Crippen LogP contribution >= 0.6 is 0 Å². The summed E-state index contributed by atoms with van der Waals surface area (Å²) in [7, 11) is 0. The summed E-state index contributed by atoms with van der Waals surface area (Å²) in [5.41, 5.74) is 2.44. The van der Waals surface area contributed by atoms with E-state index in [0.29, 0.717) is 5.57 Å². The van der Waals surface area contributed by atoms with Gasteiger partial charge in [-0.25, -0.2) is 4.79 Å². The third-order valence-electron chi connectivity index (χ3n) is 2.56. The molecule has 2 heteroatoms. The zero-order valence-electron chi connectivity index (χ0n) is 11.5. The molecule has 0 bridgehead atoms. The Morgan fingerprint density at radius 3 is 1.75 bits per heavy atom. The van der Waals surface area contributed by atoms with Crippen molar-refractivity contribution in [2.24, 2.45) is 0 Å². The van der Waals surface area contributed by atoms with Crippen LogP contribution in [0.3, 0.4) is 0 Å². The van der Waals surface area contributed by atoms with Gasteiger partial charge in [-0.1, -0.05) is 73.3 Å². The fraction of sp³-hybridized carbons (Fsp3) is 0.0556. The second-order valence-corrected chi connectivity index (χ2v) is 4.16. The van der Waals surface area contributed by atoms with E-state index in [-0.39, 0.29) is 0 Å². The molecule has 0 spiro atoms. The molecule has 0 fully saturated rings. The Hall–Kier alpha value is -2.61. The van der Waals surface area contributed by atoms with E-state index < -0.39 is 5.97 Å². The first kappa shape index (κ1) is 15.4. The van der Waals surface area contributed by atoms with Gasteiger partial charge in [0, 0.05) is 5.57 Å². The summed E-state index contributed by atoms with van der Waals surface area (Å²) in [4.78, 5) is 10.4. The quantitative estimate of drug-likeness (QED) is 0.830. The van der Waals surface area contributed by atoms with Crippen molar-refractivity contribution in [3.8, 4) is 0 Å². The lowest BCUT2D eigenvalue weighted by Crippen LogP contribution is -1.95. The second kappa shape index (κ2) is 8.48. The fourth-order valence-corrected chi connectivity index (χ4v) is 1.45. The van der Waals surface area contributed by atoms with Crippen LogP contribution < -0.4 is 0 Å². The van der Waals surface area contributed by atoms with Gasteiger partial charge in [-0.05, 0) is 24.1 Å². The smallest absolute Gasteiger partial charge is 0.331 e. The third-order valence-corrected chi connectivity index (χ3v) is 2.56. The second-order valence-electron chi connectivity index (χ2n) is 4.16. The minimum absolute atomic E-state index is 0.348. The zero-order valence-corrected chi connectivity index (χ0v) is 11.5. The highest BCUT2D eigenvalue weighted by Crippen LogP contribution is 2.05. The van der Waals surface area contributed by atoms with Gasteiger partial charge in [0.15, 0.2) is 0 Å². The summed E-state index contributed by atoms with van der Waals surface area (Å²) >= 11 is 0. The van der Waals surface area contributed by atoms with E-state index in [1.165, 1.54) is 5.56 Å². The molecule has 0 atom stereocenters. The normalized spacial score (nSPS) is 10.2. The lowest BCUT2D eigenvalue weighted by Gasteiger charge is -1.93. The Labute approximate surface area is 119 Å². The Bertz CT molecular complexity index is 569. The van der Waals surface area contributed by atoms with Crippen LogP contribution in [0.2, 0.25) is 0 Å². The summed E-state index contributed by atoms with van der Waals surface area (Å²) in [5, 5.41) is 8.58. The first-order valence-electron chi connectivity index (χ1n) is 6.27. The van der Waals surface area contributed by atoms with Crippen molar-refractivity contribution < 1.29 is 9.90 Å². The van der Waals surface area contributed by atoms with Gasteiger partial charge in [-0.3, -0.25) is 0 Å². The van der Waals surface area contributed by atoms with Crippen molar-refractivity contribution in [1.82, 2.24) is 0 Å². The number of carboxylic acids is 1. The molecule has 2 rings (SSSR count). The van der Waals surface area contributed by atoms with Crippen molar-refractivity contribution in [1.29, 1.82) is 0 Å². The molecule has 0 aromatic heterocycles. The molecular formula is C18H18O2. The molecule has 0 radical (unpaired) electrons. The largest absolute Gasteiger partial charge is 0.478 e. The number of hydrogen-bond acceptors (Lipinski definition) is 1. The predicted molar refractivity (Wildman–Crippen MR) is 84.3 cm³/mol. The zero-order chi connectivity index (χ0) is 14.8. The molecule has 0 amide bonds. The molecule has 0 saturated carbocycles. The molecule has 2 aromatic carbocycles. The van der Waals surface area contributed by atoms with Crippen LogP contribution in [0, 0.1) is 0 Å². The highest BCUT2D eigenvalue weighted by atomic mass is 16.4. The van der Waals surface area contributed by atoms with Gasteiger partial charge >= 0.3 is 5.97 Å². The molecular weight excluding hydrogens is 248 g/mol. The number of hydrogen-bond donors (Lipinski definition) is 1. The summed E-state index contributed by atoms with van der Waals surface area (Å²) in [6, 6.07) is 19.4. The number of aliphatic carboxylic acids is 1. The average molecular weight is 266 g/mol. The molecule has 0 saturated heterocycles. The van der Waals surface area contributed by atoms with Crippen LogP contribution in [0.25, 0.3) is 12.2 Å². The monoisotopic (exact) mass is 266 g/mol. The van der Waals surface area contributed by atoms with E-state index in [1.54, 1.807) is 13.0 Å². The molecule has 102 valence electrons. The average Bonchev–Trinajstić information content (AvgIpc) is 2.49. The third kappa shape index (κ3) is 5.83. The lowest BCUT2D eigenvalue weighted by molar-refractivity contribution is -0.132. The molecule has 1 N–H and O–H groups in total. The van der Waals surface area contributed by atoms with Crippen LogP contribution in [-0.2, 0) is 4.79 Å². The van der Waals surface area contributed by atoms with E-state index in [4.69, 9.17) is 5.11 Å². The molecule has 0 heterocycles. The van der Waals surface area contributed by atoms with Crippen molar-refractivity contribution in [2.45, 2.75) is 6.92 Å². The van der Waals surface area contributed by atoms with Crippen LogP contribution in [0.4, 0.5) is 0 Å². The summed E-state index contributed by atoms with van der Waals surface area (Å²) in [6.07, 6.45) is 3.47. The Balaban J connectivity index is 0.000000217. The van der Waals surface area contributed by atoms with Crippen molar-refractivity contribution in [2.75, 3.05) is 0 Å². The Morgan fingerprint density at radius 2 is 1.40 bits per heavy atom. The molecule has 2 nitrogen and oxygen atoms in total. The maximum atomic E-state index is 10.4. The molecule has 0 aliphatic heterocycles. The topological polar surface area (TPSA) is 37.3 Å². The first-order valence-corrected chi connectivity index (χ1v) is 6.27. The molecule has 0 aliphatic carbocycles.